The normalized spacial score (nSPS) is 12.5. The average molecular weight is 220 g/mol. The standard InChI is InChI=1S/C14H20S/c1-8-11(5)13(7)15-14(9-2)12(6)10(3)4/h8-9H,3,6-7H2,1-2,4-5H3/b11-8+,14-9+. The Balaban J connectivity index is 4.71. The van der Waals surface area contributed by atoms with Gasteiger partial charge in [0.2, 0.25) is 0 Å². The van der Waals surface area contributed by atoms with E-state index in [0.717, 1.165) is 21.0 Å². The molecular weight excluding hydrogens is 200 g/mol. The lowest BCUT2D eigenvalue weighted by Gasteiger charge is -2.11. The molecule has 0 saturated carbocycles. The lowest BCUT2D eigenvalue weighted by Crippen LogP contribution is -1.87. The van der Waals surface area contributed by atoms with Gasteiger partial charge in [0.15, 0.2) is 0 Å². The monoisotopic (exact) mass is 220 g/mol. The lowest BCUT2D eigenvalue weighted by molar-refractivity contribution is 1.44. The first-order chi connectivity index (χ1) is 6.93. The fraction of sp³-hybridized carbons (Fsp3) is 0.286. The molecule has 15 heavy (non-hydrogen) atoms. The van der Waals surface area contributed by atoms with Crippen molar-refractivity contribution >= 4 is 11.8 Å². The summed E-state index contributed by atoms with van der Waals surface area (Å²) in [6.45, 7) is 20.0. The van der Waals surface area contributed by atoms with Crippen LogP contribution >= 0.6 is 11.8 Å². The maximum atomic E-state index is 4.04. The molecule has 0 saturated heterocycles. The number of hydrogen-bond acceptors (Lipinski definition) is 1. The molecule has 82 valence electrons. The highest BCUT2D eigenvalue weighted by Crippen LogP contribution is 2.35. The van der Waals surface area contributed by atoms with Gasteiger partial charge in [0.1, 0.15) is 0 Å². The first kappa shape index (κ1) is 14.1. The Hall–Kier alpha value is -0.950. The SMILES string of the molecule is C=C(C)C(=C)/C(=C\C)SC(=C)/C(C)=C/C. The summed E-state index contributed by atoms with van der Waals surface area (Å²) in [6.07, 6.45) is 4.11. The van der Waals surface area contributed by atoms with Crippen LogP contribution in [-0.4, -0.2) is 0 Å². The van der Waals surface area contributed by atoms with E-state index in [0.29, 0.717) is 0 Å². The summed E-state index contributed by atoms with van der Waals surface area (Å²) in [5.74, 6) is 0. The number of thioether (sulfide) groups is 1. The van der Waals surface area contributed by atoms with Crippen LogP contribution in [0.1, 0.15) is 27.7 Å². The Kier molecular flexibility index (Phi) is 6.11. The molecule has 0 radical (unpaired) electrons. The molecule has 0 heterocycles. The van der Waals surface area contributed by atoms with E-state index in [-0.39, 0.29) is 0 Å². The van der Waals surface area contributed by atoms with Crippen LogP contribution in [0.4, 0.5) is 0 Å². The molecule has 0 aromatic carbocycles. The van der Waals surface area contributed by atoms with Gasteiger partial charge in [0, 0.05) is 9.81 Å². The first-order valence-electron chi connectivity index (χ1n) is 4.95. The third kappa shape index (κ3) is 4.39. The van der Waals surface area contributed by atoms with Crippen molar-refractivity contribution in [1.29, 1.82) is 0 Å². The molecule has 0 atom stereocenters. The van der Waals surface area contributed by atoms with E-state index in [2.05, 4.69) is 38.8 Å². The largest absolute Gasteiger partial charge is 0.0955 e. The van der Waals surface area contributed by atoms with Crippen molar-refractivity contribution in [3.8, 4) is 0 Å². The number of hydrogen-bond donors (Lipinski definition) is 0. The first-order valence-corrected chi connectivity index (χ1v) is 5.77. The van der Waals surface area contributed by atoms with Gasteiger partial charge in [-0.2, -0.15) is 0 Å². The van der Waals surface area contributed by atoms with Gasteiger partial charge in [-0.25, -0.2) is 0 Å². The zero-order chi connectivity index (χ0) is 12.0. The van der Waals surface area contributed by atoms with Crippen molar-refractivity contribution in [2.45, 2.75) is 27.7 Å². The van der Waals surface area contributed by atoms with Crippen molar-refractivity contribution in [2.75, 3.05) is 0 Å². The van der Waals surface area contributed by atoms with E-state index in [4.69, 9.17) is 0 Å². The molecule has 0 N–H and O–H groups in total. The summed E-state index contributed by atoms with van der Waals surface area (Å²) >= 11 is 1.65. The van der Waals surface area contributed by atoms with Gasteiger partial charge in [-0.1, -0.05) is 49.2 Å². The molecule has 0 aliphatic carbocycles. The van der Waals surface area contributed by atoms with Crippen LogP contribution in [0, 0.1) is 0 Å². The Morgan fingerprint density at radius 1 is 1.00 bits per heavy atom. The van der Waals surface area contributed by atoms with Crippen molar-refractivity contribution in [3.05, 3.63) is 58.4 Å². The summed E-state index contributed by atoms with van der Waals surface area (Å²) in [7, 11) is 0. The van der Waals surface area contributed by atoms with Gasteiger partial charge in [-0.05, 0) is 38.8 Å². The number of allylic oxidation sites excluding steroid dienone is 5. The van der Waals surface area contributed by atoms with Crippen molar-refractivity contribution in [2.24, 2.45) is 0 Å². The fourth-order valence-corrected chi connectivity index (χ4v) is 1.84. The molecule has 0 amide bonds. The highest BCUT2D eigenvalue weighted by molar-refractivity contribution is 8.07. The third-order valence-electron chi connectivity index (χ3n) is 2.18. The van der Waals surface area contributed by atoms with E-state index < -0.39 is 0 Å². The van der Waals surface area contributed by atoms with Crippen LogP contribution < -0.4 is 0 Å². The Morgan fingerprint density at radius 2 is 1.53 bits per heavy atom. The summed E-state index contributed by atoms with van der Waals surface area (Å²) in [5.41, 5.74) is 3.20. The second-order valence-corrected chi connectivity index (χ2v) is 4.55. The Bertz CT molecular complexity index is 340. The zero-order valence-corrected chi connectivity index (χ0v) is 11.0. The van der Waals surface area contributed by atoms with Gasteiger partial charge in [0.05, 0.1) is 0 Å². The molecule has 0 bridgehead atoms. The molecule has 0 aliphatic rings. The highest BCUT2D eigenvalue weighted by Gasteiger charge is 2.06. The summed E-state index contributed by atoms with van der Waals surface area (Å²) in [5, 5.41) is 0. The maximum Gasteiger partial charge on any atom is 0.0148 e. The number of rotatable bonds is 5. The topological polar surface area (TPSA) is 0 Å². The minimum Gasteiger partial charge on any atom is -0.0955 e. The van der Waals surface area contributed by atoms with Gasteiger partial charge in [-0.15, -0.1) is 0 Å². The third-order valence-corrected chi connectivity index (χ3v) is 3.45. The Labute approximate surface area is 98.2 Å². The van der Waals surface area contributed by atoms with Crippen LogP contribution in [0.5, 0.6) is 0 Å². The smallest absolute Gasteiger partial charge is 0.0148 e. The van der Waals surface area contributed by atoms with E-state index in [1.165, 1.54) is 5.57 Å². The van der Waals surface area contributed by atoms with Crippen LogP contribution in [0.15, 0.2) is 58.4 Å². The van der Waals surface area contributed by atoms with Gasteiger partial charge in [-0.3, -0.25) is 0 Å². The van der Waals surface area contributed by atoms with Crippen LogP contribution in [0.3, 0.4) is 0 Å². The van der Waals surface area contributed by atoms with Gasteiger partial charge < -0.3 is 0 Å². The molecular formula is C14H20S. The van der Waals surface area contributed by atoms with Crippen LogP contribution in [0.2, 0.25) is 0 Å². The van der Waals surface area contributed by atoms with Crippen molar-refractivity contribution in [3.63, 3.8) is 0 Å². The van der Waals surface area contributed by atoms with Crippen molar-refractivity contribution < 1.29 is 0 Å². The molecule has 0 spiro atoms. The summed E-state index contributed by atoms with van der Waals surface area (Å²) in [4.78, 5) is 2.20. The van der Waals surface area contributed by atoms with Gasteiger partial charge in [0.25, 0.3) is 0 Å². The highest BCUT2D eigenvalue weighted by atomic mass is 32.2. The zero-order valence-electron chi connectivity index (χ0n) is 10.2. The van der Waals surface area contributed by atoms with Gasteiger partial charge >= 0.3 is 0 Å². The lowest BCUT2D eigenvalue weighted by atomic mass is 10.1. The van der Waals surface area contributed by atoms with E-state index >= 15 is 0 Å². The molecule has 0 aromatic heterocycles. The minimum atomic E-state index is 0.993. The minimum absolute atomic E-state index is 0.993. The molecule has 1 heteroatoms. The van der Waals surface area contributed by atoms with E-state index in [1.54, 1.807) is 11.8 Å². The second-order valence-electron chi connectivity index (χ2n) is 3.41. The molecule has 0 rings (SSSR count). The van der Waals surface area contributed by atoms with E-state index in [1.807, 2.05) is 20.8 Å². The molecule has 0 fully saturated rings. The molecule has 0 unspecified atom stereocenters. The predicted octanol–water partition coefficient (Wildman–Crippen LogP) is 5.24. The van der Waals surface area contributed by atoms with Crippen LogP contribution in [0.25, 0.3) is 0 Å². The molecule has 0 aliphatic heterocycles. The predicted molar refractivity (Wildman–Crippen MR) is 73.9 cm³/mol. The summed E-state index contributed by atoms with van der Waals surface area (Å²) < 4.78 is 0. The quantitative estimate of drug-likeness (QED) is 0.571. The molecule has 0 aromatic rings. The van der Waals surface area contributed by atoms with Crippen molar-refractivity contribution in [1.82, 2.24) is 0 Å². The second kappa shape index (κ2) is 6.52. The maximum absolute atomic E-state index is 4.04. The molecule has 0 nitrogen and oxygen atoms in total. The fourth-order valence-electron chi connectivity index (χ4n) is 0.879. The van der Waals surface area contributed by atoms with Crippen LogP contribution in [-0.2, 0) is 0 Å². The summed E-state index contributed by atoms with van der Waals surface area (Å²) in [6, 6.07) is 0. The average Bonchev–Trinajstić information content (AvgIpc) is 2.22. The Morgan fingerprint density at radius 3 is 1.87 bits per heavy atom. The van der Waals surface area contributed by atoms with E-state index in [9.17, 15) is 0 Å².